The monoisotopic (exact) mass is 433 g/mol. The van der Waals surface area contributed by atoms with Gasteiger partial charge in [-0.05, 0) is 48.9 Å². The summed E-state index contributed by atoms with van der Waals surface area (Å²) in [5.74, 6) is 1.05. The van der Waals surface area contributed by atoms with Crippen LogP contribution < -0.4 is 14.8 Å². The average molecular weight is 433 g/mol. The van der Waals surface area contributed by atoms with Crippen molar-refractivity contribution in [3.05, 3.63) is 64.6 Å². The van der Waals surface area contributed by atoms with Crippen LogP contribution in [0.1, 0.15) is 28.7 Å². The fourth-order valence-corrected chi connectivity index (χ4v) is 3.66. The highest BCUT2D eigenvalue weighted by molar-refractivity contribution is 7.11. The lowest BCUT2D eigenvalue weighted by Crippen LogP contribution is -2.05. The third-order valence-electron chi connectivity index (χ3n) is 4.46. The van der Waals surface area contributed by atoms with Gasteiger partial charge in [0, 0.05) is 22.8 Å². The number of anilines is 1. The molecule has 3 aromatic rings. The van der Waals surface area contributed by atoms with E-state index in [1.807, 2.05) is 30.5 Å². The zero-order valence-electron chi connectivity index (χ0n) is 16.8. The summed E-state index contributed by atoms with van der Waals surface area (Å²) in [7, 11) is 0. The predicted molar refractivity (Wildman–Crippen MR) is 118 cm³/mol. The third-order valence-corrected chi connectivity index (χ3v) is 5.34. The number of rotatable bonds is 7. The zero-order valence-corrected chi connectivity index (χ0v) is 17.6. The third kappa shape index (κ3) is 4.68. The van der Waals surface area contributed by atoms with Crippen LogP contribution in [0.2, 0.25) is 0 Å². The van der Waals surface area contributed by atoms with Crippen LogP contribution in [0.3, 0.4) is 0 Å². The maximum atomic E-state index is 11.9. The van der Waals surface area contributed by atoms with E-state index in [2.05, 4.69) is 16.4 Å². The predicted octanol–water partition coefficient (Wildman–Crippen LogP) is 5.08. The first kappa shape index (κ1) is 20.4. The SMILES string of the molecule is CCCOC(=O)c1ccc(N/C=C(\C#N)c2nc(-c3ccc4c(c3)OCO4)cs2)cc1. The average Bonchev–Trinajstić information content (AvgIpc) is 3.47. The van der Waals surface area contributed by atoms with Crippen LogP contribution in [0.25, 0.3) is 16.8 Å². The van der Waals surface area contributed by atoms with Gasteiger partial charge in [-0.2, -0.15) is 5.26 Å². The lowest BCUT2D eigenvalue weighted by atomic mass is 10.1. The molecule has 156 valence electrons. The minimum Gasteiger partial charge on any atom is -0.462 e. The van der Waals surface area contributed by atoms with Crippen molar-refractivity contribution >= 4 is 28.6 Å². The molecule has 1 aromatic heterocycles. The molecule has 0 atom stereocenters. The molecule has 0 aliphatic carbocycles. The van der Waals surface area contributed by atoms with E-state index in [1.54, 1.807) is 30.5 Å². The van der Waals surface area contributed by atoms with Gasteiger partial charge in [0.1, 0.15) is 16.6 Å². The number of carbonyl (C=O) groups excluding carboxylic acids is 1. The summed E-state index contributed by atoms with van der Waals surface area (Å²) in [4.78, 5) is 16.5. The summed E-state index contributed by atoms with van der Waals surface area (Å²) in [5, 5.41) is 15.2. The minimum absolute atomic E-state index is 0.217. The van der Waals surface area contributed by atoms with Crippen molar-refractivity contribution in [2.24, 2.45) is 0 Å². The molecule has 7 nitrogen and oxygen atoms in total. The number of allylic oxidation sites excluding steroid dienone is 1. The number of esters is 1. The van der Waals surface area contributed by atoms with E-state index < -0.39 is 0 Å². The Morgan fingerprint density at radius 3 is 2.84 bits per heavy atom. The highest BCUT2D eigenvalue weighted by Gasteiger charge is 2.16. The van der Waals surface area contributed by atoms with Gasteiger partial charge in [-0.25, -0.2) is 9.78 Å². The van der Waals surface area contributed by atoms with Crippen LogP contribution in [0.15, 0.2) is 54.0 Å². The number of thiazole rings is 1. The Bertz CT molecular complexity index is 1160. The van der Waals surface area contributed by atoms with Crippen LogP contribution in [-0.4, -0.2) is 24.4 Å². The maximum Gasteiger partial charge on any atom is 0.338 e. The van der Waals surface area contributed by atoms with E-state index in [9.17, 15) is 10.1 Å². The Morgan fingerprint density at radius 1 is 1.26 bits per heavy atom. The van der Waals surface area contributed by atoms with Crippen LogP contribution in [0.4, 0.5) is 5.69 Å². The molecule has 1 N–H and O–H groups in total. The van der Waals surface area contributed by atoms with Crippen molar-refractivity contribution < 1.29 is 19.0 Å². The van der Waals surface area contributed by atoms with Gasteiger partial charge in [0.2, 0.25) is 6.79 Å². The molecule has 0 amide bonds. The Labute approximate surface area is 183 Å². The molecule has 0 saturated carbocycles. The molecular weight excluding hydrogens is 414 g/mol. The first-order valence-electron chi connectivity index (χ1n) is 9.68. The molecule has 2 aromatic carbocycles. The Balaban J connectivity index is 1.46. The second kappa shape index (κ2) is 9.32. The number of nitrogens with zero attached hydrogens (tertiary/aromatic N) is 2. The highest BCUT2D eigenvalue weighted by Crippen LogP contribution is 2.36. The fourth-order valence-electron chi connectivity index (χ4n) is 2.86. The molecule has 0 bridgehead atoms. The van der Waals surface area contributed by atoms with Gasteiger partial charge in [0.25, 0.3) is 0 Å². The molecule has 0 fully saturated rings. The first-order valence-corrected chi connectivity index (χ1v) is 10.6. The van der Waals surface area contributed by atoms with E-state index in [0.29, 0.717) is 34.3 Å². The largest absolute Gasteiger partial charge is 0.462 e. The number of carbonyl (C=O) groups is 1. The van der Waals surface area contributed by atoms with Gasteiger partial charge in [-0.1, -0.05) is 6.92 Å². The van der Waals surface area contributed by atoms with Crippen molar-refractivity contribution in [1.29, 1.82) is 5.26 Å². The molecule has 2 heterocycles. The van der Waals surface area contributed by atoms with E-state index in [-0.39, 0.29) is 12.8 Å². The number of fused-ring (bicyclic) bond motifs is 1. The number of ether oxygens (including phenoxy) is 3. The maximum absolute atomic E-state index is 11.9. The van der Waals surface area contributed by atoms with Crippen LogP contribution in [0.5, 0.6) is 11.5 Å². The van der Waals surface area contributed by atoms with Crippen molar-refractivity contribution in [2.75, 3.05) is 18.7 Å². The number of benzene rings is 2. The van der Waals surface area contributed by atoms with E-state index in [0.717, 1.165) is 23.4 Å². The lowest BCUT2D eigenvalue weighted by molar-refractivity contribution is 0.0505. The molecule has 0 saturated heterocycles. The number of hydrogen-bond donors (Lipinski definition) is 1. The van der Waals surface area contributed by atoms with Gasteiger partial charge in [0.15, 0.2) is 11.5 Å². The summed E-state index contributed by atoms with van der Waals surface area (Å²) in [6.45, 7) is 2.56. The van der Waals surface area contributed by atoms with Crippen LogP contribution >= 0.6 is 11.3 Å². The lowest BCUT2D eigenvalue weighted by Gasteiger charge is -2.05. The number of nitrogens with one attached hydrogen (secondary N) is 1. The van der Waals surface area contributed by atoms with Crippen molar-refractivity contribution in [2.45, 2.75) is 13.3 Å². The van der Waals surface area contributed by atoms with E-state index >= 15 is 0 Å². The number of hydrogen-bond acceptors (Lipinski definition) is 8. The highest BCUT2D eigenvalue weighted by atomic mass is 32.1. The molecule has 0 spiro atoms. The van der Waals surface area contributed by atoms with Gasteiger partial charge in [-0.3, -0.25) is 0 Å². The Hall–Kier alpha value is -3.83. The van der Waals surface area contributed by atoms with Crippen LogP contribution in [-0.2, 0) is 4.74 Å². The summed E-state index contributed by atoms with van der Waals surface area (Å²) < 4.78 is 15.9. The van der Waals surface area contributed by atoms with Crippen LogP contribution in [0, 0.1) is 11.3 Å². The molecule has 4 rings (SSSR count). The molecule has 1 aliphatic heterocycles. The Morgan fingerprint density at radius 2 is 2.06 bits per heavy atom. The van der Waals surface area contributed by atoms with Crippen molar-refractivity contribution in [3.63, 3.8) is 0 Å². The molecule has 0 radical (unpaired) electrons. The fraction of sp³-hybridized carbons (Fsp3) is 0.174. The second-order valence-corrected chi connectivity index (χ2v) is 7.49. The molecule has 0 unspecified atom stereocenters. The quantitative estimate of drug-likeness (QED) is 0.410. The normalized spacial score (nSPS) is 12.3. The van der Waals surface area contributed by atoms with E-state index in [1.165, 1.54) is 11.3 Å². The first-order chi connectivity index (χ1) is 15.2. The van der Waals surface area contributed by atoms with E-state index in [4.69, 9.17) is 14.2 Å². The van der Waals surface area contributed by atoms with Gasteiger partial charge in [-0.15, -0.1) is 11.3 Å². The smallest absolute Gasteiger partial charge is 0.338 e. The summed E-state index contributed by atoms with van der Waals surface area (Å²) in [5.41, 5.74) is 3.28. The summed E-state index contributed by atoms with van der Waals surface area (Å²) in [6.07, 6.45) is 2.38. The topological polar surface area (TPSA) is 93.5 Å². The second-order valence-electron chi connectivity index (χ2n) is 6.63. The van der Waals surface area contributed by atoms with Gasteiger partial charge in [0.05, 0.1) is 17.9 Å². The zero-order chi connectivity index (χ0) is 21.6. The Kier molecular flexibility index (Phi) is 6.15. The molecule has 1 aliphatic rings. The summed E-state index contributed by atoms with van der Waals surface area (Å²) in [6, 6.07) is 14.7. The van der Waals surface area contributed by atoms with Crippen molar-refractivity contribution in [1.82, 2.24) is 4.98 Å². The summed E-state index contributed by atoms with van der Waals surface area (Å²) >= 11 is 1.38. The number of nitriles is 1. The van der Waals surface area contributed by atoms with Gasteiger partial charge < -0.3 is 19.5 Å². The van der Waals surface area contributed by atoms with Gasteiger partial charge >= 0.3 is 5.97 Å². The minimum atomic E-state index is -0.347. The molecule has 31 heavy (non-hydrogen) atoms. The standard InChI is InChI=1S/C23H19N3O4S/c1-2-9-28-23(27)15-3-6-18(7-4-15)25-12-17(11-24)22-26-19(13-31-22)16-5-8-20-21(10-16)30-14-29-20/h3-8,10,12-13,25H,2,9,14H2,1H3/b17-12+. The van der Waals surface area contributed by atoms with Crippen molar-refractivity contribution in [3.8, 4) is 28.8 Å². The number of aromatic nitrogens is 1. The molecule has 8 heteroatoms. The molecular formula is C23H19N3O4S.